The summed E-state index contributed by atoms with van der Waals surface area (Å²) in [7, 11) is -4.70. The van der Waals surface area contributed by atoms with Gasteiger partial charge in [0.15, 0.2) is 12.4 Å². The summed E-state index contributed by atoms with van der Waals surface area (Å²) in [6.07, 6.45) is 0. The number of alkyl halides is 1. The monoisotopic (exact) mass is 429 g/mol. The van der Waals surface area contributed by atoms with Crippen molar-refractivity contribution in [3.8, 4) is 22.4 Å². The van der Waals surface area contributed by atoms with Gasteiger partial charge in [-0.05, 0) is 29.8 Å². The summed E-state index contributed by atoms with van der Waals surface area (Å²) in [5.74, 6) is -1.27. The van der Waals surface area contributed by atoms with Gasteiger partial charge in [0.2, 0.25) is 0 Å². The predicted octanol–water partition coefficient (Wildman–Crippen LogP) is 4.63. The molecule has 0 saturated heterocycles. The molecule has 1 N–H and O–H groups in total. The van der Waals surface area contributed by atoms with Gasteiger partial charge >= 0.3 is 0 Å². The first-order chi connectivity index (χ1) is 11.8. The standard InChI is InChI=1S/C16H10BrF2NO4S/c17-11-4-1-9(2-5-11)16-15(13(8-18)24-20-16)10-3-6-14(12(19)7-10)25(21,22)23/h1-7H,8H2,(H,21,22,23). The Morgan fingerprint density at radius 3 is 2.32 bits per heavy atom. The Bertz CT molecular complexity index is 1030. The fourth-order valence-corrected chi connectivity index (χ4v) is 3.19. The predicted molar refractivity (Wildman–Crippen MR) is 89.7 cm³/mol. The van der Waals surface area contributed by atoms with E-state index >= 15 is 0 Å². The number of halogens is 3. The topological polar surface area (TPSA) is 80.4 Å². The molecule has 9 heteroatoms. The molecule has 2 aromatic carbocycles. The van der Waals surface area contributed by atoms with Crippen LogP contribution in [0.3, 0.4) is 0 Å². The van der Waals surface area contributed by atoms with E-state index in [0.29, 0.717) is 11.3 Å². The summed E-state index contributed by atoms with van der Waals surface area (Å²) < 4.78 is 64.4. The van der Waals surface area contributed by atoms with Crippen LogP contribution in [0.4, 0.5) is 8.78 Å². The van der Waals surface area contributed by atoms with Gasteiger partial charge in [0.25, 0.3) is 10.1 Å². The maximum atomic E-state index is 14.1. The van der Waals surface area contributed by atoms with Crippen LogP contribution < -0.4 is 0 Å². The van der Waals surface area contributed by atoms with Crippen LogP contribution in [0, 0.1) is 5.82 Å². The minimum absolute atomic E-state index is 0.114. The zero-order valence-electron chi connectivity index (χ0n) is 12.4. The number of nitrogens with zero attached hydrogens (tertiary/aromatic N) is 1. The quantitative estimate of drug-likeness (QED) is 0.611. The fourth-order valence-electron chi connectivity index (χ4n) is 2.38. The molecule has 0 radical (unpaired) electrons. The summed E-state index contributed by atoms with van der Waals surface area (Å²) in [6.45, 7) is -0.972. The highest BCUT2D eigenvalue weighted by atomic mass is 79.9. The lowest BCUT2D eigenvalue weighted by Gasteiger charge is -2.06. The van der Waals surface area contributed by atoms with Crippen LogP contribution in [-0.2, 0) is 16.8 Å². The molecule has 130 valence electrons. The number of benzene rings is 2. The van der Waals surface area contributed by atoms with E-state index in [1.807, 2.05) is 0 Å². The first-order valence-corrected chi connectivity index (χ1v) is 9.12. The molecule has 0 aliphatic carbocycles. The van der Waals surface area contributed by atoms with Crippen LogP contribution in [0.15, 0.2) is 56.4 Å². The largest absolute Gasteiger partial charge is 0.357 e. The molecular weight excluding hydrogens is 420 g/mol. The number of hydrogen-bond acceptors (Lipinski definition) is 4. The smallest absolute Gasteiger partial charge is 0.297 e. The van der Waals surface area contributed by atoms with Crippen molar-refractivity contribution < 1.29 is 26.3 Å². The van der Waals surface area contributed by atoms with Crippen LogP contribution in [0.1, 0.15) is 5.76 Å². The van der Waals surface area contributed by atoms with E-state index in [9.17, 15) is 17.2 Å². The summed E-state index contributed by atoms with van der Waals surface area (Å²) >= 11 is 3.30. The van der Waals surface area contributed by atoms with Crippen molar-refractivity contribution in [2.45, 2.75) is 11.6 Å². The molecule has 0 aliphatic heterocycles. The molecule has 0 aliphatic rings. The first kappa shape index (κ1) is 17.7. The lowest BCUT2D eigenvalue weighted by molar-refractivity contribution is 0.332. The molecule has 3 aromatic rings. The Labute approximate surface area is 150 Å². The lowest BCUT2D eigenvalue weighted by atomic mass is 9.99. The zero-order valence-corrected chi connectivity index (χ0v) is 14.8. The van der Waals surface area contributed by atoms with Gasteiger partial charge in [0, 0.05) is 10.0 Å². The van der Waals surface area contributed by atoms with Gasteiger partial charge in [-0.25, -0.2) is 8.78 Å². The SMILES string of the molecule is O=S(=O)(O)c1ccc(-c2c(-c3ccc(Br)cc3)noc2CF)cc1F. The Morgan fingerprint density at radius 2 is 1.76 bits per heavy atom. The molecule has 0 fully saturated rings. The van der Waals surface area contributed by atoms with E-state index in [1.165, 1.54) is 6.07 Å². The zero-order chi connectivity index (χ0) is 18.2. The van der Waals surface area contributed by atoms with Crippen molar-refractivity contribution in [2.24, 2.45) is 0 Å². The molecule has 3 rings (SSSR count). The van der Waals surface area contributed by atoms with E-state index in [4.69, 9.17) is 9.08 Å². The van der Waals surface area contributed by atoms with Gasteiger partial charge in [-0.1, -0.05) is 39.3 Å². The molecule has 0 unspecified atom stereocenters. The average molecular weight is 430 g/mol. The van der Waals surface area contributed by atoms with Crippen molar-refractivity contribution in [1.29, 1.82) is 0 Å². The van der Waals surface area contributed by atoms with Crippen molar-refractivity contribution in [2.75, 3.05) is 0 Å². The van der Waals surface area contributed by atoms with Crippen molar-refractivity contribution in [1.82, 2.24) is 5.16 Å². The molecule has 1 aromatic heterocycles. The highest BCUT2D eigenvalue weighted by molar-refractivity contribution is 9.10. The molecule has 1 heterocycles. The van der Waals surface area contributed by atoms with E-state index in [-0.39, 0.29) is 16.9 Å². The van der Waals surface area contributed by atoms with Crippen LogP contribution in [-0.4, -0.2) is 18.1 Å². The van der Waals surface area contributed by atoms with Gasteiger partial charge in [-0.3, -0.25) is 4.55 Å². The molecular formula is C16H10BrF2NO4S. The minimum Gasteiger partial charge on any atom is -0.357 e. The normalized spacial score (nSPS) is 11.7. The third-order valence-electron chi connectivity index (χ3n) is 3.50. The van der Waals surface area contributed by atoms with Gasteiger partial charge in [0.1, 0.15) is 16.4 Å². The summed E-state index contributed by atoms with van der Waals surface area (Å²) in [5, 5.41) is 3.84. The average Bonchev–Trinajstić information content (AvgIpc) is 2.98. The molecule has 0 saturated carbocycles. The number of hydrogen-bond donors (Lipinski definition) is 1. The Kier molecular flexibility index (Phi) is 4.72. The van der Waals surface area contributed by atoms with E-state index in [2.05, 4.69) is 21.1 Å². The van der Waals surface area contributed by atoms with Crippen LogP contribution >= 0.6 is 15.9 Å². The second-order valence-corrected chi connectivity index (χ2v) is 7.40. The van der Waals surface area contributed by atoms with Gasteiger partial charge in [-0.15, -0.1) is 0 Å². The van der Waals surface area contributed by atoms with E-state index < -0.39 is 27.5 Å². The number of aromatic nitrogens is 1. The van der Waals surface area contributed by atoms with Crippen LogP contribution in [0.25, 0.3) is 22.4 Å². The van der Waals surface area contributed by atoms with Gasteiger partial charge in [0.05, 0.1) is 5.56 Å². The maximum Gasteiger partial charge on any atom is 0.297 e. The maximum absolute atomic E-state index is 14.1. The molecule has 5 nitrogen and oxygen atoms in total. The highest BCUT2D eigenvalue weighted by Crippen LogP contribution is 2.36. The fraction of sp³-hybridized carbons (Fsp3) is 0.0625. The number of rotatable bonds is 4. The Balaban J connectivity index is 2.18. The Hall–Kier alpha value is -2.10. The van der Waals surface area contributed by atoms with Crippen LogP contribution in [0.2, 0.25) is 0 Å². The molecule has 0 spiro atoms. The Morgan fingerprint density at radius 1 is 1.12 bits per heavy atom. The third kappa shape index (κ3) is 3.48. The van der Waals surface area contributed by atoms with E-state index in [1.54, 1.807) is 24.3 Å². The minimum atomic E-state index is -4.70. The molecule has 0 atom stereocenters. The third-order valence-corrected chi connectivity index (χ3v) is 4.92. The van der Waals surface area contributed by atoms with Crippen molar-refractivity contribution in [3.05, 3.63) is 58.5 Å². The summed E-state index contributed by atoms with van der Waals surface area (Å²) in [6, 6.07) is 9.99. The van der Waals surface area contributed by atoms with Crippen molar-refractivity contribution >= 4 is 26.0 Å². The van der Waals surface area contributed by atoms with Crippen molar-refractivity contribution in [3.63, 3.8) is 0 Å². The van der Waals surface area contributed by atoms with Gasteiger partial charge in [-0.2, -0.15) is 8.42 Å². The second kappa shape index (κ2) is 6.66. The van der Waals surface area contributed by atoms with E-state index in [0.717, 1.165) is 16.6 Å². The van der Waals surface area contributed by atoms with Crippen LogP contribution in [0.5, 0.6) is 0 Å². The van der Waals surface area contributed by atoms with Gasteiger partial charge < -0.3 is 4.52 Å². The molecule has 0 bridgehead atoms. The first-order valence-electron chi connectivity index (χ1n) is 6.89. The molecule has 0 amide bonds. The highest BCUT2D eigenvalue weighted by Gasteiger charge is 2.22. The molecule has 25 heavy (non-hydrogen) atoms. The lowest BCUT2D eigenvalue weighted by Crippen LogP contribution is -2.01. The second-order valence-electron chi connectivity index (χ2n) is 5.09. The summed E-state index contributed by atoms with van der Waals surface area (Å²) in [4.78, 5) is -0.861. The summed E-state index contributed by atoms with van der Waals surface area (Å²) in [5.41, 5.74) is 1.29.